The lowest BCUT2D eigenvalue weighted by atomic mass is 9.96. The van der Waals surface area contributed by atoms with E-state index in [2.05, 4.69) is 16.7 Å². The van der Waals surface area contributed by atoms with Crippen LogP contribution in [0.1, 0.15) is 58.9 Å². The van der Waals surface area contributed by atoms with Crippen LogP contribution in [-0.4, -0.2) is 56.5 Å². The van der Waals surface area contributed by atoms with Gasteiger partial charge in [-0.15, -0.1) is 11.8 Å². The largest absolute Gasteiger partial charge is 0.381 e. The van der Waals surface area contributed by atoms with Gasteiger partial charge >= 0.3 is 0 Å². The summed E-state index contributed by atoms with van der Waals surface area (Å²) in [7, 11) is 0. The normalized spacial score (nSPS) is 20.6. The van der Waals surface area contributed by atoms with Crippen LogP contribution in [0.3, 0.4) is 0 Å². The molecule has 4 atom stereocenters. The molecule has 0 unspecified atom stereocenters. The molecule has 5 rings (SSSR count). The fraction of sp³-hybridized carbons (Fsp3) is 0.364. The molecule has 3 N–H and O–H groups in total. The van der Waals surface area contributed by atoms with E-state index in [-0.39, 0.29) is 30.2 Å². The Morgan fingerprint density at radius 1 is 1.00 bits per heavy atom. The summed E-state index contributed by atoms with van der Waals surface area (Å²) in [5.41, 5.74) is 4.50. The Hall–Kier alpha value is -3.62. The number of nitrogens with zero attached hydrogens (tertiary/aromatic N) is 1. The lowest BCUT2D eigenvalue weighted by Crippen LogP contribution is -2.59. The van der Waals surface area contributed by atoms with E-state index in [9.17, 15) is 19.5 Å². The van der Waals surface area contributed by atoms with Crippen molar-refractivity contribution in [2.45, 2.75) is 69.0 Å². The minimum absolute atomic E-state index is 0.110. The third kappa shape index (κ3) is 6.19. The molecule has 1 saturated heterocycles. The minimum Gasteiger partial charge on any atom is -0.381 e. The molecule has 0 radical (unpaired) electrons. The van der Waals surface area contributed by atoms with Gasteiger partial charge in [-0.1, -0.05) is 72.8 Å². The van der Waals surface area contributed by atoms with Crippen LogP contribution in [0.15, 0.2) is 78.9 Å². The fourth-order valence-corrected chi connectivity index (χ4v) is 7.04. The van der Waals surface area contributed by atoms with Gasteiger partial charge in [0.25, 0.3) is 11.8 Å². The van der Waals surface area contributed by atoms with Gasteiger partial charge in [0.1, 0.15) is 6.04 Å². The van der Waals surface area contributed by atoms with E-state index in [0.29, 0.717) is 5.56 Å². The van der Waals surface area contributed by atoms with E-state index in [1.165, 1.54) is 22.2 Å². The van der Waals surface area contributed by atoms with Gasteiger partial charge in [-0.05, 0) is 68.4 Å². The number of fused-ring (bicyclic) bond motifs is 1. The highest BCUT2D eigenvalue weighted by molar-refractivity contribution is 8.00. The van der Waals surface area contributed by atoms with Crippen LogP contribution in [0.4, 0.5) is 0 Å². The number of aliphatic hydroxyl groups is 1. The van der Waals surface area contributed by atoms with Crippen LogP contribution in [0.25, 0.3) is 0 Å². The van der Waals surface area contributed by atoms with Crippen LogP contribution in [0.5, 0.6) is 0 Å². The first-order chi connectivity index (χ1) is 19.7. The molecule has 0 saturated carbocycles. The second-order valence-electron chi connectivity index (χ2n) is 11.4. The first kappa shape index (κ1) is 28.9. The van der Waals surface area contributed by atoms with E-state index in [0.717, 1.165) is 29.5 Å². The van der Waals surface area contributed by atoms with Gasteiger partial charge < -0.3 is 20.6 Å². The van der Waals surface area contributed by atoms with Crippen molar-refractivity contribution < 1.29 is 19.5 Å². The van der Waals surface area contributed by atoms with Crippen molar-refractivity contribution in [1.82, 2.24) is 15.5 Å². The smallest absolute Gasteiger partial charge is 0.254 e. The molecule has 214 valence electrons. The molecular weight excluding hydrogens is 534 g/mol. The summed E-state index contributed by atoms with van der Waals surface area (Å²) >= 11 is 1.51. The molecule has 1 aliphatic heterocycles. The number of benzene rings is 3. The van der Waals surface area contributed by atoms with Crippen LogP contribution in [0.2, 0.25) is 0 Å². The van der Waals surface area contributed by atoms with Crippen molar-refractivity contribution >= 4 is 29.5 Å². The van der Waals surface area contributed by atoms with Crippen molar-refractivity contribution in [3.63, 3.8) is 0 Å². The molecule has 0 spiro atoms. The molecule has 3 aromatic carbocycles. The number of rotatable bonds is 8. The van der Waals surface area contributed by atoms with Gasteiger partial charge in [-0.25, -0.2) is 0 Å². The quantitative estimate of drug-likeness (QED) is 0.377. The molecule has 3 aromatic rings. The predicted octanol–water partition coefficient (Wildman–Crippen LogP) is 4.18. The highest BCUT2D eigenvalue weighted by Crippen LogP contribution is 2.41. The van der Waals surface area contributed by atoms with Gasteiger partial charge in [0, 0.05) is 10.3 Å². The third-order valence-corrected chi connectivity index (χ3v) is 9.54. The van der Waals surface area contributed by atoms with Crippen LogP contribution >= 0.6 is 11.8 Å². The molecular formula is C33H37N3O4S. The van der Waals surface area contributed by atoms with Gasteiger partial charge in [-0.3, -0.25) is 14.4 Å². The third-order valence-electron chi connectivity index (χ3n) is 8.17. The Morgan fingerprint density at radius 2 is 1.68 bits per heavy atom. The summed E-state index contributed by atoms with van der Waals surface area (Å²) in [5.74, 6) is -0.889. The van der Waals surface area contributed by atoms with E-state index < -0.39 is 28.8 Å². The number of carbonyl (C=O) groups is 3. The number of hydrogen-bond acceptors (Lipinski definition) is 5. The van der Waals surface area contributed by atoms with Crippen LogP contribution < -0.4 is 10.6 Å². The lowest BCUT2D eigenvalue weighted by Gasteiger charge is -2.34. The summed E-state index contributed by atoms with van der Waals surface area (Å²) in [6.45, 7) is 5.75. The summed E-state index contributed by atoms with van der Waals surface area (Å²) in [4.78, 5) is 42.4. The lowest BCUT2D eigenvalue weighted by molar-refractivity contribution is -0.147. The molecule has 1 aliphatic carbocycles. The monoisotopic (exact) mass is 571 g/mol. The maximum absolute atomic E-state index is 13.9. The summed E-state index contributed by atoms with van der Waals surface area (Å²) in [5, 5.41) is 17.6. The van der Waals surface area contributed by atoms with Gasteiger partial charge in [0.2, 0.25) is 5.91 Å². The molecule has 8 heteroatoms. The summed E-state index contributed by atoms with van der Waals surface area (Å²) < 4.78 is -0.559. The molecule has 1 fully saturated rings. The Bertz CT molecular complexity index is 1430. The molecule has 3 amide bonds. The fourth-order valence-electron chi connectivity index (χ4n) is 5.90. The molecule has 2 aliphatic rings. The first-order valence-electron chi connectivity index (χ1n) is 14.1. The second-order valence-corrected chi connectivity index (χ2v) is 13.0. The summed E-state index contributed by atoms with van der Waals surface area (Å²) in [6.07, 6.45) is 0.421. The van der Waals surface area contributed by atoms with Gasteiger partial charge in [-0.2, -0.15) is 0 Å². The van der Waals surface area contributed by atoms with E-state index >= 15 is 0 Å². The van der Waals surface area contributed by atoms with Crippen molar-refractivity contribution in [3.8, 4) is 0 Å². The molecule has 0 bridgehead atoms. The average molecular weight is 572 g/mol. The number of aryl methyl sites for hydroxylation is 2. The second kappa shape index (κ2) is 12.1. The van der Waals surface area contributed by atoms with Crippen molar-refractivity contribution in [1.29, 1.82) is 0 Å². The predicted molar refractivity (Wildman–Crippen MR) is 161 cm³/mol. The van der Waals surface area contributed by atoms with Crippen molar-refractivity contribution in [2.24, 2.45) is 0 Å². The van der Waals surface area contributed by atoms with Gasteiger partial charge in [0.15, 0.2) is 6.10 Å². The van der Waals surface area contributed by atoms with E-state index in [1.807, 2.05) is 81.4 Å². The molecule has 0 aromatic heterocycles. The van der Waals surface area contributed by atoms with Crippen molar-refractivity contribution in [3.05, 3.63) is 107 Å². The number of aliphatic hydroxyl groups excluding tert-OH is 1. The standard InChI is InChI=1S/C33H37N3O4S/c1-21-11-7-9-15-24(21)30(38)35-27(19-22-12-5-4-6-13-22)28(37)32(40)36-20-41-33(2,3)29(36)31(39)34-26-18-17-23-14-8-10-16-25(23)26/h4-16,26-29,37H,17-20H2,1-3H3,(H,34,39)(H,35,38)/t26-,27-,28-,29+/m0/s1. The zero-order valence-electron chi connectivity index (χ0n) is 23.7. The maximum Gasteiger partial charge on any atom is 0.254 e. The highest BCUT2D eigenvalue weighted by atomic mass is 32.2. The van der Waals surface area contributed by atoms with Crippen LogP contribution in [-0.2, 0) is 22.4 Å². The number of nitrogens with one attached hydrogen (secondary N) is 2. The number of thioether (sulfide) groups is 1. The number of hydrogen-bond donors (Lipinski definition) is 3. The zero-order valence-corrected chi connectivity index (χ0v) is 24.5. The zero-order chi connectivity index (χ0) is 29.1. The van der Waals surface area contributed by atoms with E-state index in [4.69, 9.17) is 0 Å². The van der Waals surface area contributed by atoms with E-state index in [1.54, 1.807) is 12.1 Å². The van der Waals surface area contributed by atoms with Crippen molar-refractivity contribution in [2.75, 3.05) is 5.88 Å². The average Bonchev–Trinajstić information content (AvgIpc) is 3.52. The Balaban J connectivity index is 1.37. The van der Waals surface area contributed by atoms with Gasteiger partial charge in [0.05, 0.1) is 18.0 Å². The summed E-state index contributed by atoms with van der Waals surface area (Å²) in [6, 6.07) is 23.0. The topological polar surface area (TPSA) is 98.7 Å². The SMILES string of the molecule is Cc1ccccc1C(=O)N[C@@H](Cc1ccccc1)[C@H](O)C(=O)N1CSC(C)(C)[C@H]1C(=O)N[C@H]1CCc2ccccc21. The number of amides is 3. The Kier molecular flexibility index (Phi) is 8.52. The Labute approximate surface area is 245 Å². The first-order valence-corrected chi connectivity index (χ1v) is 15.1. The Morgan fingerprint density at radius 3 is 2.44 bits per heavy atom. The highest BCUT2D eigenvalue weighted by Gasteiger charge is 2.50. The minimum atomic E-state index is -1.54. The molecule has 41 heavy (non-hydrogen) atoms. The molecule has 7 nitrogen and oxygen atoms in total. The van der Waals surface area contributed by atoms with Crippen LogP contribution in [0, 0.1) is 6.92 Å². The maximum atomic E-state index is 13.9. The molecule has 1 heterocycles. The number of carbonyl (C=O) groups excluding carboxylic acids is 3.